The van der Waals surface area contributed by atoms with E-state index in [2.05, 4.69) is 23.0 Å². The average Bonchev–Trinajstić information content (AvgIpc) is 2.87. The summed E-state index contributed by atoms with van der Waals surface area (Å²) in [5.41, 5.74) is 4.49. The van der Waals surface area contributed by atoms with Crippen LogP contribution in [0.25, 0.3) is 11.0 Å². The van der Waals surface area contributed by atoms with Crippen LogP contribution in [-0.4, -0.2) is 14.5 Å². The van der Waals surface area contributed by atoms with Crippen molar-refractivity contribution >= 4 is 22.6 Å². The number of hydrogen-bond donors (Lipinski definition) is 0. The van der Waals surface area contributed by atoms with Crippen molar-refractivity contribution in [1.29, 1.82) is 5.26 Å². The van der Waals surface area contributed by atoms with Crippen LogP contribution in [0.2, 0.25) is 0 Å². The molecule has 0 spiro atoms. The summed E-state index contributed by atoms with van der Waals surface area (Å²) in [5, 5.41) is 9.20. The Balaban J connectivity index is 2.18. The molecule has 0 aliphatic rings. The Morgan fingerprint density at radius 3 is 2.90 bits per heavy atom. The zero-order chi connectivity index (χ0) is 14.8. The number of imidazole rings is 1. The summed E-state index contributed by atoms with van der Waals surface area (Å²) < 4.78 is 2.05. The van der Waals surface area contributed by atoms with E-state index < -0.39 is 0 Å². The Labute approximate surface area is 127 Å². The van der Waals surface area contributed by atoms with Gasteiger partial charge in [-0.05, 0) is 36.2 Å². The highest BCUT2D eigenvalue weighted by Crippen LogP contribution is 2.22. The molecule has 4 nitrogen and oxygen atoms in total. The molecule has 2 aromatic heterocycles. The van der Waals surface area contributed by atoms with Crippen molar-refractivity contribution < 1.29 is 0 Å². The number of aryl methyl sites for hydroxylation is 1. The van der Waals surface area contributed by atoms with Crippen molar-refractivity contribution in [1.82, 2.24) is 14.5 Å². The van der Waals surface area contributed by atoms with Crippen molar-refractivity contribution in [2.24, 2.45) is 0 Å². The van der Waals surface area contributed by atoms with Crippen LogP contribution in [0.1, 0.15) is 22.5 Å². The molecule has 0 saturated heterocycles. The molecule has 0 aliphatic heterocycles. The van der Waals surface area contributed by atoms with E-state index in [-0.39, 0.29) is 0 Å². The Kier molecular flexibility index (Phi) is 3.59. The summed E-state index contributed by atoms with van der Waals surface area (Å²) in [6, 6.07) is 9.76. The van der Waals surface area contributed by atoms with Gasteiger partial charge in [0.2, 0.25) is 0 Å². The number of nitriles is 1. The molecule has 0 atom stereocenters. The second-order valence-corrected chi connectivity index (χ2v) is 5.10. The van der Waals surface area contributed by atoms with Crippen LogP contribution in [0.3, 0.4) is 0 Å². The maximum Gasteiger partial charge on any atom is 0.125 e. The molecule has 0 unspecified atom stereocenters. The molecule has 21 heavy (non-hydrogen) atoms. The van der Waals surface area contributed by atoms with E-state index in [1.165, 1.54) is 5.56 Å². The first-order valence-electron chi connectivity index (χ1n) is 6.58. The minimum atomic E-state index is 0.304. The zero-order valence-electron chi connectivity index (χ0n) is 11.5. The quantitative estimate of drug-likeness (QED) is 0.696. The number of aromatic nitrogens is 3. The third kappa shape index (κ3) is 2.37. The largest absolute Gasteiger partial charge is 0.322 e. The maximum absolute atomic E-state index is 9.20. The Morgan fingerprint density at radius 1 is 1.33 bits per heavy atom. The lowest BCUT2D eigenvalue weighted by atomic mass is 10.1. The normalized spacial score (nSPS) is 10.7. The van der Waals surface area contributed by atoms with Crippen molar-refractivity contribution in [3.63, 3.8) is 0 Å². The van der Waals surface area contributed by atoms with Crippen molar-refractivity contribution in [3.8, 4) is 6.07 Å². The lowest BCUT2D eigenvalue weighted by Crippen LogP contribution is -2.05. The molecule has 2 heterocycles. The molecule has 1 aromatic carbocycles. The van der Waals surface area contributed by atoms with E-state index in [9.17, 15) is 5.26 Å². The summed E-state index contributed by atoms with van der Waals surface area (Å²) >= 11 is 6.02. The van der Waals surface area contributed by atoms with Gasteiger partial charge in [-0.25, -0.2) is 4.98 Å². The molecule has 3 rings (SSSR count). The highest BCUT2D eigenvalue weighted by molar-refractivity contribution is 6.16. The number of halogens is 1. The van der Waals surface area contributed by atoms with Gasteiger partial charge >= 0.3 is 0 Å². The van der Waals surface area contributed by atoms with Crippen molar-refractivity contribution in [3.05, 3.63) is 59.2 Å². The van der Waals surface area contributed by atoms with Gasteiger partial charge in [-0.3, -0.25) is 4.98 Å². The van der Waals surface area contributed by atoms with Gasteiger partial charge in [0.15, 0.2) is 0 Å². The van der Waals surface area contributed by atoms with Crippen LogP contribution in [0.15, 0.2) is 36.7 Å². The topological polar surface area (TPSA) is 54.5 Å². The lowest BCUT2D eigenvalue weighted by molar-refractivity contribution is 0.771. The predicted octanol–water partition coefficient (Wildman–Crippen LogP) is 3.40. The standard InChI is InChI=1S/C16H13ClN4/c1-11-5-6-19-9-13(11)10-21-14-4-2-3-12(8-18)16(14)20-15(21)7-17/h2-6,9H,7,10H2,1H3. The second-order valence-electron chi connectivity index (χ2n) is 4.84. The zero-order valence-corrected chi connectivity index (χ0v) is 12.3. The number of nitrogens with zero attached hydrogens (tertiary/aromatic N) is 4. The van der Waals surface area contributed by atoms with Gasteiger partial charge in [0.05, 0.1) is 23.5 Å². The second kappa shape index (κ2) is 5.55. The molecule has 104 valence electrons. The van der Waals surface area contributed by atoms with Gasteiger partial charge in [-0.2, -0.15) is 5.26 Å². The van der Waals surface area contributed by atoms with E-state index in [4.69, 9.17) is 11.6 Å². The number of rotatable bonds is 3. The van der Waals surface area contributed by atoms with E-state index in [1.807, 2.05) is 29.0 Å². The van der Waals surface area contributed by atoms with Gasteiger partial charge in [0.25, 0.3) is 0 Å². The van der Waals surface area contributed by atoms with Gasteiger partial charge in [-0.15, -0.1) is 11.6 Å². The Bertz CT molecular complexity index is 845. The Hall–Kier alpha value is -2.38. The molecular weight excluding hydrogens is 284 g/mol. The molecule has 0 saturated carbocycles. The molecule has 0 radical (unpaired) electrons. The SMILES string of the molecule is Cc1ccncc1Cn1c(CCl)nc2c(C#N)cccc21. The summed E-state index contributed by atoms with van der Waals surface area (Å²) in [6.45, 7) is 2.70. The van der Waals surface area contributed by atoms with Crippen LogP contribution >= 0.6 is 11.6 Å². The average molecular weight is 297 g/mol. The summed E-state index contributed by atoms with van der Waals surface area (Å²) in [4.78, 5) is 8.69. The molecule has 0 aliphatic carbocycles. The van der Waals surface area contributed by atoms with Crippen LogP contribution in [0, 0.1) is 18.3 Å². The van der Waals surface area contributed by atoms with Crippen LogP contribution in [0.4, 0.5) is 0 Å². The molecule has 0 N–H and O–H groups in total. The van der Waals surface area contributed by atoms with Crippen LogP contribution in [-0.2, 0) is 12.4 Å². The minimum absolute atomic E-state index is 0.304. The smallest absolute Gasteiger partial charge is 0.125 e. The first-order chi connectivity index (χ1) is 10.2. The van der Waals surface area contributed by atoms with Gasteiger partial charge < -0.3 is 4.57 Å². The first kappa shape index (κ1) is 13.6. The van der Waals surface area contributed by atoms with E-state index in [1.54, 1.807) is 12.3 Å². The maximum atomic E-state index is 9.20. The van der Waals surface area contributed by atoms with E-state index in [0.717, 1.165) is 16.9 Å². The van der Waals surface area contributed by atoms with Crippen molar-refractivity contribution in [2.45, 2.75) is 19.3 Å². The third-order valence-electron chi connectivity index (χ3n) is 3.57. The predicted molar refractivity (Wildman–Crippen MR) is 82.1 cm³/mol. The molecule has 0 fully saturated rings. The number of pyridine rings is 1. The molecular formula is C16H13ClN4. The fraction of sp³-hybridized carbons (Fsp3) is 0.188. The highest BCUT2D eigenvalue weighted by atomic mass is 35.5. The van der Waals surface area contributed by atoms with Gasteiger partial charge in [0, 0.05) is 12.4 Å². The molecule has 0 bridgehead atoms. The molecule has 5 heteroatoms. The monoisotopic (exact) mass is 296 g/mol. The Morgan fingerprint density at radius 2 is 2.19 bits per heavy atom. The van der Waals surface area contributed by atoms with E-state index >= 15 is 0 Å². The van der Waals surface area contributed by atoms with Gasteiger partial charge in [-0.1, -0.05) is 6.07 Å². The lowest BCUT2D eigenvalue weighted by Gasteiger charge is -2.09. The third-order valence-corrected chi connectivity index (χ3v) is 3.81. The number of para-hydroxylation sites is 1. The summed E-state index contributed by atoms with van der Waals surface area (Å²) in [6.07, 6.45) is 3.63. The van der Waals surface area contributed by atoms with Crippen molar-refractivity contribution in [2.75, 3.05) is 0 Å². The number of fused-ring (bicyclic) bond motifs is 1. The first-order valence-corrected chi connectivity index (χ1v) is 7.11. The fourth-order valence-electron chi connectivity index (χ4n) is 2.40. The minimum Gasteiger partial charge on any atom is -0.322 e. The highest BCUT2D eigenvalue weighted by Gasteiger charge is 2.13. The van der Waals surface area contributed by atoms with Gasteiger partial charge in [0.1, 0.15) is 17.4 Å². The number of hydrogen-bond acceptors (Lipinski definition) is 3. The number of benzene rings is 1. The summed E-state index contributed by atoms with van der Waals surface area (Å²) in [7, 11) is 0. The number of alkyl halides is 1. The molecule has 0 amide bonds. The summed E-state index contributed by atoms with van der Waals surface area (Å²) in [5.74, 6) is 1.07. The van der Waals surface area contributed by atoms with Crippen LogP contribution in [0.5, 0.6) is 0 Å². The molecule has 3 aromatic rings. The fourth-order valence-corrected chi connectivity index (χ4v) is 2.60. The van der Waals surface area contributed by atoms with E-state index in [0.29, 0.717) is 23.5 Å². The van der Waals surface area contributed by atoms with Crippen LogP contribution < -0.4 is 0 Å².